The van der Waals surface area contributed by atoms with Gasteiger partial charge in [0.2, 0.25) is 11.8 Å². The van der Waals surface area contributed by atoms with Gasteiger partial charge >= 0.3 is 0 Å². The Kier molecular flexibility index (Phi) is 4.42. The van der Waals surface area contributed by atoms with Crippen LogP contribution in [0.3, 0.4) is 0 Å². The zero-order valence-corrected chi connectivity index (χ0v) is 14.4. The monoisotopic (exact) mass is 341 g/mol. The predicted octanol–water partition coefficient (Wildman–Crippen LogP) is 3.12. The van der Waals surface area contributed by atoms with Crippen LogP contribution in [0.15, 0.2) is 34.7 Å². The average Bonchev–Trinajstić information content (AvgIpc) is 3.39. The van der Waals surface area contributed by atoms with E-state index in [0.29, 0.717) is 19.0 Å². The maximum Gasteiger partial charge on any atom is 0.263 e. The minimum absolute atomic E-state index is 0.0338. The molecule has 0 bridgehead atoms. The van der Waals surface area contributed by atoms with Crippen molar-refractivity contribution >= 4 is 5.91 Å². The van der Waals surface area contributed by atoms with Crippen LogP contribution in [0.2, 0.25) is 0 Å². The number of piperidine rings is 1. The molecule has 0 spiro atoms. The molecule has 1 atom stereocenters. The van der Waals surface area contributed by atoms with E-state index in [1.807, 2.05) is 35.2 Å². The lowest BCUT2D eigenvalue weighted by Crippen LogP contribution is -2.44. The highest BCUT2D eigenvalue weighted by atomic mass is 16.5. The molecule has 0 unspecified atom stereocenters. The van der Waals surface area contributed by atoms with Crippen LogP contribution >= 0.6 is 0 Å². The summed E-state index contributed by atoms with van der Waals surface area (Å²) in [5, 5.41) is 8.38. The summed E-state index contributed by atoms with van der Waals surface area (Å²) in [6.07, 6.45) is 3.55. The normalized spacial score (nSPS) is 19.6. The van der Waals surface area contributed by atoms with E-state index in [4.69, 9.17) is 9.15 Å². The number of hydrogen-bond donors (Lipinski definition) is 0. The average molecular weight is 341 g/mol. The summed E-state index contributed by atoms with van der Waals surface area (Å²) in [5.41, 5.74) is 0. The molecule has 1 aliphatic heterocycles. The van der Waals surface area contributed by atoms with Crippen molar-refractivity contribution in [2.75, 3.05) is 13.1 Å². The second-order valence-electron chi connectivity index (χ2n) is 6.93. The van der Waals surface area contributed by atoms with Crippen molar-refractivity contribution in [1.29, 1.82) is 0 Å². The van der Waals surface area contributed by atoms with Crippen LogP contribution in [-0.4, -0.2) is 40.2 Å². The summed E-state index contributed by atoms with van der Waals surface area (Å²) in [7, 11) is 0. The lowest BCUT2D eigenvalue weighted by Gasteiger charge is -2.32. The highest BCUT2D eigenvalue weighted by molar-refractivity contribution is 5.81. The lowest BCUT2D eigenvalue weighted by atomic mass is 9.96. The Labute approximate surface area is 147 Å². The van der Waals surface area contributed by atoms with Gasteiger partial charge in [0.15, 0.2) is 6.10 Å². The maximum atomic E-state index is 12.6. The predicted molar refractivity (Wildman–Crippen MR) is 91.4 cm³/mol. The van der Waals surface area contributed by atoms with Crippen molar-refractivity contribution in [3.8, 4) is 5.75 Å². The summed E-state index contributed by atoms with van der Waals surface area (Å²) in [4.78, 5) is 14.5. The molecule has 1 saturated heterocycles. The van der Waals surface area contributed by atoms with E-state index in [2.05, 4.69) is 10.2 Å². The third-order valence-electron chi connectivity index (χ3n) is 4.94. The van der Waals surface area contributed by atoms with E-state index in [-0.39, 0.29) is 11.8 Å². The van der Waals surface area contributed by atoms with Gasteiger partial charge in [-0.15, -0.1) is 10.2 Å². The summed E-state index contributed by atoms with van der Waals surface area (Å²) < 4.78 is 11.6. The van der Waals surface area contributed by atoms with Gasteiger partial charge in [-0.1, -0.05) is 18.2 Å². The number of benzene rings is 1. The summed E-state index contributed by atoms with van der Waals surface area (Å²) >= 11 is 0. The van der Waals surface area contributed by atoms with E-state index in [9.17, 15) is 4.79 Å². The van der Waals surface area contributed by atoms with Gasteiger partial charge in [0, 0.05) is 24.9 Å². The third-order valence-corrected chi connectivity index (χ3v) is 4.94. The molecule has 1 aromatic carbocycles. The number of rotatable bonds is 5. The van der Waals surface area contributed by atoms with Crippen molar-refractivity contribution < 1.29 is 13.9 Å². The molecule has 4 rings (SSSR count). The molecule has 2 heterocycles. The van der Waals surface area contributed by atoms with E-state index < -0.39 is 6.10 Å². The van der Waals surface area contributed by atoms with Crippen LogP contribution in [0.1, 0.15) is 56.2 Å². The summed E-state index contributed by atoms with van der Waals surface area (Å²) in [6, 6.07) is 9.46. The Bertz CT molecular complexity index is 719. The Morgan fingerprint density at radius 1 is 1.08 bits per heavy atom. The Morgan fingerprint density at radius 2 is 1.68 bits per heavy atom. The minimum atomic E-state index is -0.483. The fourth-order valence-electron chi connectivity index (χ4n) is 3.26. The fourth-order valence-corrected chi connectivity index (χ4v) is 3.26. The second-order valence-corrected chi connectivity index (χ2v) is 6.93. The largest absolute Gasteiger partial charge is 0.481 e. The van der Waals surface area contributed by atoms with E-state index in [0.717, 1.165) is 43.2 Å². The minimum Gasteiger partial charge on any atom is -0.481 e. The first kappa shape index (κ1) is 16.1. The summed E-state index contributed by atoms with van der Waals surface area (Å²) in [6.45, 7) is 3.21. The summed E-state index contributed by atoms with van der Waals surface area (Å²) in [5.74, 6) is 3.03. The molecule has 6 heteroatoms. The fraction of sp³-hybridized carbons (Fsp3) is 0.526. The van der Waals surface area contributed by atoms with Crippen LogP contribution < -0.4 is 4.74 Å². The molecular formula is C19H23N3O3. The van der Waals surface area contributed by atoms with Gasteiger partial charge in [0.05, 0.1) is 0 Å². The van der Waals surface area contributed by atoms with Gasteiger partial charge in [-0.2, -0.15) is 0 Å². The molecule has 0 radical (unpaired) electrons. The van der Waals surface area contributed by atoms with Crippen LogP contribution in [0.5, 0.6) is 5.75 Å². The van der Waals surface area contributed by atoms with E-state index in [1.54, 1.807) is 6.92 Å². The van der Waals surface area contributed by atoms with Crippen molar-refractivity contribution in [3.05, 3.63) is 42.1 Å². The van der Waals surface area contributed by atoms with Gasteiger partial charge in [0.25, 0.3) is 5.91 Å². The first-order valence-electron chi connectivity index (χ1n) is 9.04. The lowest BCUT2D eigenvalue weighted by molar-refractivity contribution is -0.139. The number of para-hydroxylation sites is 1. The maximum absolute atomic E-state index is 12.6. The van der Waals surface area contributed by atoms with Crippen molar-refractivity contribution in [2.45, 2.75) is 50.5 Å². The number of aromatic nitrogens is 2. The number of amides is 1. The van der Waals surface area contributed by atoms with Gasteiger partial charge in [-0.05, 0) is 44.7 Å². The van der Waals surface area contributed by atoms with E-state index >= 15 is 0 Å². The standard InChI is InChI=1S/C19H23N3O3/c1-13(24-16-5-3-2-4-6-16)19(23)22-11-9-15(10-12-22)18-21-20-17(25-18)14-7-8-14/h2-6,13-15H,7-12H2,1H3/t13-/m1/s1. The van der Waals surface area contributed by atoms with Crippen LogP contribution in [0.4, 0.5) is 0 Å². The third kappa shape index (κ3) is 3.67. The molecule has 1 aliphatic carbocycles. The van der Waals surface area contributed by atoms with Crippen molar-refractivity contribution in [1.82, 2.24) is 15.1 Å². The number of hydrogen-bond acceptors (Lipinski definition) is 5. The molecule has 1 amide bonds. The van der Waals surface area contributed by atoms with Crippen molar-refractivity contribution in [2.24, 2.45) is 0 Å². The molecule has 1 aromatic heterocycles. The zero-order valence-electron chi connectivity index (χ0n) is 14.4. The van der Waals surface area contributed by atoms with Crippen LogP contribution in [0.25, 0.3) is 0 Å². The Hall–Kier alpha value is -2.37. The Balaban J connectivity index is 1.30. The number of likely N-dealkylation sites (tertiary alicyclic amines) is 1. The molecular weight excluding hydrogens is 318 g/mol. The molecule has 2 aliphatic rings. The highest BCUT2D eigenvalue weighted by Gasteiger charge is 2.33. The van der Waals surface area contributed by atoms with Crippen LogP contribution in [0, 0.1) is 0 Å². The topological polar surface area (TPSA) is 68.5 Å². The molecule has 1 saturated carbocycles. The van der Waals surface area contributed by atoms with Crippen molar-refractivity contribution in [3.63, 3.8) is 0 Å². The molecule has 132 valence electrons. The van der Waals surface area contributed by atoms with Gasteiger partial charge in [-0.25, -0.2) is 0 Å². The van der Waals surface area contributed by atoms with Gasteiger partial charge in [0.1, 0.15) is 5.75 Å². The number of nitrogens with zero attached hydrogens (tertiary/aromatic N) is 3. The Morgan fingerprint density at radius 3 is 2.28 bits per heavy atom. The number of carbonyl (C=O) groups is 1. The first-order chi connectivity index (χ1) is 12.2. The number of ether oxygens (including phenoxy) is 1. The van der Waals surface area contributed by atoms with Gasteiger partial charge in [-0.3, -0.25) is 4.79 Å². The molecule has 25 heavy (non-hydrogen) atoms. The molecule has 2 aromatic rings. The highest BCUT2D eigenvalue weighted by Crippen LogP contribution is 2.40. The SMILES string of the molecule is C[C@@H](Oc1ccccc1)C(=O)N1CCC(c2nnc(C3CC3)o2)CC1. The molecule has 0 N–H and O–H groups in total. The van der Waals surface area contributed by atoms with E-state index in [1.165, 1.54) is 0 Å². The first-order valence-corrected chi connectivity index (χ1v) is 9.04. The van der Waals surface area contributed by atoms with Gasteiger partial charge < -0.3 is 14.1 Å². The molecule has 6 nitrogen and oxygen atoms in total. The van der Waals surface area contributed by atoms with Crippen LogP contribution in [-0.2, 0) is 4.79 Å². The molecule has 2 fully saturated rings. The second kappa shape index (κ2) is 6.86. The smallest absolute Gasteiger partial charge is 0.263 e. The number of carbonyl (C=O) groups excluding carboxylic acids is 1. The zero-order chi connectivity index (χ0) is 17.2. The quantitative estimate of drug-likeness (QED) is 0.836.